The largest absolute Gasteiger partial charge is 0.352 e. The van der Waals surface area contributed by atoms with Crippen LogP contribution >= 0.6 is 0 Å². The number of rotatable bonds is 6. The molecule has 1 heterocycles. The molecule has 1 N–H and O–H groups in total. The van der Waals surface area contributed by atoms with Crippen molar-refractivity contribution in [3.8, 4) is 0 Å². The molecule has 0 spiro atoms. The van der Waals surface area contributed by atoms with Crippen molar-refractivity contribution in [1.82, 2.24) is 15.1 Å². The van der Waals surface area contributed by atoms with Crippen LogP contribution in [-0.2, 0) is 11.2 Å². The molecule has 3 atom stereocenters. The fourth-order valence-electron chi connectivity index (χ4n) is 4.34. The van der Waals surface area contributed by atoms with Gasteiger partial charge in [0.15, 0.2) is 0 Å². The Morgan fingerprint density at radius 1 is 1.04 bits per heavy atom. The minimum absolute atomic E-state index is 0.216. The topological polar surface area (TPSA) is 35.6 Å². The average Bonchev–Trinajstić information content (AvgIpc) is 2.66. The molecule has 4 heteroatoms. The van der Waals surface area contributed by atoms with Gasteiger partial charge >= 0.3 is 0 Å². The van der Waals surface area contributed by atoms with Gasteiger partial charge in [-0.15, -0.1) is 0 Å². The number of hydrogen-bond acceptors (Lipinski definition) is 3. The van der Waals surface area contributed by atoms with Gasteiger partial charge in [0.1, 0.15) is 0 Å². The van der Waals surface area contributed by atoms with E-state index in [4.69, 9.17) is 0 Å². The van der Waals surface area contributed by atoms with Crippen molar-refractivity contribution in [3.05, 3.63) is 35.9 Å². The maximum atomic E-state index is 12.5. The van der Waals surface area contributed by atoms with Crippen molar-refractivity contribution in [1.29, 1.82) is 0 Å². The summed E-state index contributed by atoms with van der Waals surface area (Å²) in [4.78, 5) is 17.3. The number of benzene rings is 1. The molecule has 1 saturated heterocycles. The van der Waals surface area contributed by atoms with Crippen molar-refractivity contribution in [2.75, 3.05) is 39.3 Å². The SMILES string of the molecule is CC1CCCC(NC(=O)CN2CCN(CCc3ccccc3)CC2)C1C. The van der Waals surface area contributed by atoms with Gasteiger partial charge in [-0.2, -0.15) is 0 Å². The van der Waals surface area contributed by atoms with Crippen LogP contribution in [0.5, 0.6) is 0 Å². The van der Waals surface area contributed by atoms with E-state index >= 15 is 0 Å². The van der Waals surface area contributed by atoms with Gasteiger partial charge in [-0.25, -0.2) is 0 Å². The second-order valence-electron chi connectivity index (χ2n) is 8.29. The Hall–Kier alpha value is -1.39. The van der Waals surface area contributed by atoms with Gasteiger partial charge in [0, 0.05) is 38.8 Å². The van der Waals surface area contributed by atoms with Gasteiger partial charge in [0.25, 0.3) is 0 Å². The second-order valence-corrected chi connectivity index (χ2v) is 8.29. The Morgan fingerprint density at radius 3 is 2.46 bits per heavy atom. The van der Waals surface area contributed by atoms with Gasteiger partial charge in [-0.05, 0) is 30.2 Å². The molecule has 1 aromatic rings. The summed E-state index contributed by atoms with van der Waals surface area (Å²) in [5.41, 5.74) is 1.41. The van der Waals surface area contributed by atoms with E-state index in [2.05, 4.69) is 59.3 Å². The minimum atomic E-state index is 0.216. The van der Waals surface area contributed by atoms with E-state index in [1.165, 1.54) is 18.4 Å². The van der Waals surface area contributed by atoms with Crippen LogP contribution in [0.4, 0.5) is 0 Å². The van der Waals surface area contributed by atoms with E-state index in [9.17, 15) is 4.79 Å². The molecule has 1 amide bonds. The summed E-state index contributed by atoms with van der Waals surface area (Å²) in [6.45, 7) is 10.4. The summed E-state index contributed by atoms with van der Waals surface area (Å²) in [6, 6.07) is 11.1. The third kappa shape index (κ3) is 5.55. The Kier molecular flexibility index (Phi) is 7.09. The first-order valence-electron chi connectivity index (χ1n) is 10.4. The van der Waals surface area contributed by atoms with Crippen LogP contribution in [-0.4, -0.2) is 61.0 Å². The van der Waals surface area contributed by atoms with Crippen molar-refractivity contribution in [2.45, 2.75) is 45.6 Å². The smallest absolute Gasteiger partial charge is 0.234 e. The molecule has 0 bridgehead atoms. The number of carbonyl (C=O) groups is 1. The lowest BCUT2D eigenvalue weighted by Gasteiger charge is -2.36. The van der Waals surface area contributed by atoms with Gasteiger partial charge in [0.05, 0.1) is 6.54 Å². The first-order valence-corrected chi connectivity index (χ1v) is 10.4. The zero-order valence-corrected chi connectivity index (χ0v) is 16.5. The lowest BCUT2D eigenvalue weighted by molar-refractivity contribution is -0.124. The van der Waals surface area contributed by atoms with Gasteiger partial charge in [-0.3, -0.25) is 9.69 Å². The van der Waals surface area contributed by atoms with E-state index in [-0.39, 0.29) is 5.91 Å². The molecule has 4 nitrogen and oxygen atoms in total. The summed E-state index contributed by atoms with van der Waals surface area (Å²) in [6.07, 6.45) is 4.80. The highest BCUT2D eigenvalue weighted by Gasteiger charge is 2.28. The molecule has 3 rings (SSSR count). The van der Waals surface area contributed by atoms with Crippen molar-refractivity contribution in [2.24, 2.45) is 11.8 Å². The summed E-state index contributed by atoms with van der Waals surface area (Å²) in [5.74, 6) is 1.54. The molecule has 3 unspecified atom stereocenters. The van der Waals surface area contributed by atoms with Gasteiger partial charge in [-0.1, -0.05) is 57.0 Å². The number of hydrogen-bond donors (Lipinski definition) is 1. The summed E-state index contributed by atoms with van der Waals surface area (Å²) < 4.78 is 0. The molecule has 0 aromatic heterocycles. The van der Waals surface area contributed by atoms with Crippen LogP contribution in [0.3, 0.4) is 0 Å². The van der Waals surface area contributed by atoms with Gasteiger partial charge in [0.2, 0.25) is 5.91 Å². The molecule has 2 fully saturated rings. The maximum absolute atomic E-state index is 12.5. The van der Waals surface area contributed by atoms with E-state index in [0.29, 0.717) is 18.5 Å². The first kappa shape index (κ1) is 19.4. The number of nitrogens with zero attached hydrogens (tertiary/aromatic N) is 2. The predicted molar refractivity (Wildman–Crippen MR) is 107 cm³/mol. The highest BCUT2D eigenvalue weighted by Crippen LogP contribution is 2.29. The lowest BCUT2D eigenvalue weighted by Crippen LogP contribution is -2.52. The zero-order valence-electron chi connectivity index (χ0n) is 16.5. The lowest BCUT2D eigenvalue weighted by atomic mass is 9.78. The van der Waals surface area contributed by atoms with Crippen molar-refractivity contribution < 1.29 is 4.79 Å². The molecule has 2 aliphatic rings. The third-order valence-electron chi connectivity index (χ3n) is 6.44. The number of amides is 1. The Labute approximate surface area is 158 Å². The fraction of sp³-hybridized carbons (Fsp3) is 0.682. The predicted octanol–water partition coefficient (Wildman–Crippen LogP) is 2.79. The van der Waals surface area contributed by atoms with E-state index < -0.39 is 0 Å². The summed E-state index contributed by atoms with van der Waals surface area (Å²) >= 11 is 0. The van der Waals surface area contributed by atoms with E-state index in [1.807, 2.05) is 0 Å². The van der Waals surface area contributed by atoms with Crippen molar-refractivity contribution in [3.63, 3.8) is 0 Å². The summed E-state index contributed by atoms with van der Waals surface area (Å²) in [7, 11) is 0. The molecule has 144 valence electrons. The van der Waals surface area contributed by atoms with E-state index in [0.717, 1.165) is 51.5 Å². The molecule has 1 aliphatic carbocycles. The third-order valence-corrected chi connectivity index (χ3v) is 6.44. The normalized spacial score (nSPS) is 28.0. The van der Waals surface area contributed by atoms with Crippen LogP contribution in [0, 0.1) is 11.8 Å². The standard InChI is InChI=1S/C22H35N3O/c1-18-7-6-10-21(19(18)2)23-22(26)17-25-15-13-24(14-16-25)12-11-20-8-4-3-5-9-20/h3-5,8-9,18-19,21H,6-7,10-17H2,1-2H3,(H,23,26). The Morgan fingerprint density at radius 2 is 1.73 bits per heavy atom. The maximum Gasteiger partial charge on any atom is 0.234 e. The number of carbonyl (C=O) groups excluding carboxylic acids is 1. The highest BCUT2D eigenvalue weighted by atomic mass is 16.2. The van der Waals surface area contributed by atoms with Crippen LogP contribution < -0.4 is 5.32 Å². The Bertz CT molecular complexity index is 554. The molecule has 1 aliphatic heterocycles. The molecular formula is C22H35N3O. The molecule has 1 aromatic carbocycles. The monoisotopic (exact) mass is 357 g/mol. The number of piperazine rings is 1. The minimum Gasteiger partial charge on any atom is -0.352 e. The van der Waals surface area contributed by atoms with Crippen LogP contribution in [0.1, 0.15) is 38.7 Å². The van der Waals surface area contributed by atoms with Crippen molar-refractivity contribution >= 4 is 5.91 Å². The molecule has 1 saturated carbocycles. The number of nitrogens with one attached hydrogen (secondary N) is 1. The van der Waals surface area contributed by atoms with Gasteiger partial charge < -0.3 is 10.2 Å². The fourth-order valence-corrected chi connectivity index (χ4v) is 4.34. The Balaban J connectivity index is 1.35. The van der Waals surface area contributed by atoms with Crippen LogP contribution in [0.15, 0.2) is 30.3 Å². The van der Waals surface area contributed by atoms with Crippen LogP contribution in [0.2, 0.25) is 0 Å². The second kappa shape index (κ2) is 9.52. The van der Waals surface area contributed by atoms with E-state index in [1.54, 1.807) is 0 Å². The summed E-state index contributed by atoms with van der Waals surface area (Å²) in [5, 5.41) is 3.31. The molecular weight excluding hydrogens is 322 g/mol. The molecule has 0 radical (unpaired) electrons. The molecule has 26 heavy (non-hydrogen) atoms. The quantitative estimate of drug-likeness (QED) is 0.850. The first-order chi connectivity index (χ1) is 12.6. The van der Waals surface area contributed by atoms with Crippen LogP contribution in [0.25, 0.3) is 0 Å². The average molecular weight is 358 g/mol. The highest BCUT2D eigenvalue weighted by molar-refractivity contribution is 5.78. The zero-order chi connectivity index (χ0) is 18.4.